The zero-order valence-corrected chi connectivity index (χ0v) is 16.8. The molecule has 3 aromatic carbocycles. The number of amides is 1. The third kappa shape index (κ3) is 6.36. The van der Waals surface area contributed by atoms with Crippen LogP contribution in [0.25, 0.3) is 0 Å². The van der Waals surface area contributed by atoms with Gasteiger partial charge in [-0.25, -0.2) is 5.43 Å². The van der Waals surface area contributed by atoms with Gasteiger partial charge >= 0.3 is 0 Å². The van der Waals surface area contributed by atoms with Gasteiger partial charge in [0.05, 0.1) is 12.8 Å². The van der Waals surface area contributed by atoms with Crippen molar-refractivity contribution in [2.24, 2.45) is 5.10 Å². The number of anilines is 1. The van der Waals surface area contributed by atoms with E-state index < -0.39 is 0 Å². The quantitative estimate of drug-likeness (QED) is 0.417. The molecule has 5 nitrogen and oxygen atoms in total. The number of benzene rings is 3. The maximum absolute atomic E-state index is 11.9. The maximum Gasteiger partial charge on any atom is 0.259 e. The highest BCUT2D eigenvalue weighted by Gasteiger charge is 2.04. The van der Waals surface area contributed by atoms with E-state index in [0.29, 0.717) is 11.6 Å². The molecule has 0 saturated heterocycles. The topological polar surface area (TPSA) is 62.7 Å². The summed E-state index contributed by atoms with van der Waals surface area (Å²) in [6.45, 7) is 2.52. The van der Waals surface area contributed by atoms with Gasteiger partial charge in [-0.3, -0.25) is 4.79 Å². The van der Waals surface area contributed by atoms with E-state index in [0.717, 1.165) is 28.1 Å². The molecule has 6 heteroatoms. The number of hydrazone groups is 1. The van der Waals surface area contributed by atoms with Crippen LogP contribution in [-0.2, 0) is 11.4 Å². The molecule has 1 amide bonds. The minimum absolute atomic E-state index is 0.102. The van der Waals surface area contributed by atoms with Gasteiger partial charge < -0.3 is 10.1 Å². The Hall–Kier alpha value is -3.31. The average Bonchev–Trinajstić information content (AvgIpc) is 2.75. The van der Waals surface area contributed by atoms with Crippen molar-refractivity contribution < 1.29 is 9.53 Å². The fourth-order valence-electron chi connectivity index (χ4n) is 2.58. The number of halogens is 1. The summed E-state index contributed by atoms with van der Waals surface area (Å²) >= 11 is 6.07. The molecule has 0 saturated carbocycles. The second-order valence-corrected chi connectivity index (χ2v) is 6.81. The molecular weight excluding hydrogens is 386 g/mol. The van der Waals surface area contributed by atoms with Crippen molar-refractivity contribution in [2.45, 2.75) is 13.5 Å². The molecule has 0 heterocycles. The Bertz CT molecular complexity index is 973. The minimum Gasteiger partial charge on any atom is -0.489 e. The summed E-state index contributed by atoms with van der Waals surface area (Å²) in [7, 11) is 0. The molecule has 0 aliphatic rings. The van der Waals surface area contributed by atoms with Crippen molar-refractivity contribution in [3.63, 3.8) is 0 Å². The zero-order chi connectivity index (χ0) is 20.5. The second kappa shape index (κ2) is 10.3. The molecule has 0 spiro atoms. The van der Waals surface area contributed by atoms with Gasteiger partial charge in [0.15, 0.2) is 0 Å². The van der Waals surface area contributed by atoms with Crippen LogP contribution in [0.15, 0.2) is 77.9 Å². The number of hydrogen-bond donors (Lipinski definition) is 2. The Kier molecular flexibility index (Phi) is 7.25. The van der Waals surface area contributed by atoms with E-state index in [1.165, 1.54) is 0 Å². The number of hydrogen-bond acceptors (Lipinski definition) is 4. The number of carbonyl (C=O) groups is 1. The largest absolute Gasteiger partial charge is 0.489 e. The normalized spacial score (nSPS) is 10.7. The zero-order valence-electron chi connectivity index (χ0n) is 16.1. The smallest absolute Gasteiger partial charge is 0.259 e. The van der Waals surface area contributed by atoms with E-state index in [2.05, 4.69) is 15.8 Å². The van der Waals surface area contributed by atoms with Crippen LogP contribution < -0.4 is 15.5 Å². The van der Waals surface area contributed by atoms with Crippen LogP contribution in [0.1, 0.15) is 16.7 Å². The Morgan fingerprint density at radius 3 is 2.55 bits per heavy atom. The molecule has 148 valence electrons. The predicted octanol–water partition coefficient (Wildman–Crippen LogP) is 4.79. The van der Waals surface area contributed by atoms with E-state index >= 15 is 0 Å². The van der Waals surface area contributed by atoms with Crippen LogP contribution in [-0.4, -0.2) is 18.7 Å². The third-order valence-electron chi connectivity index (χ3n) is 4.24. The summed E-state index contributed by atoms with van der Waals surface area (Å²) in [6, 6.07) is 23.0. The summed E-state index contributed by atoms with van der Waals surface area (Å²) in [4.78, 5) is 11.9. The van der Waals surface area contributed by atoms with Gasteiger partial charge in [0.25, 0.3) is 5.91 Å². The first-order valence-electron chi connectivity index (χ1n) is 9.19. The molecule has 0 fully saturated rings. The van der Waals surface area contributed by atoms with Crippen molar-refractivity contribution in [1.29, 1.82) is 0 Å². The van der Waals surface area contributed by atoms with Crippen molar-refractivity contribution in [3.8, 4) is 5.75 Å². The molecule has 0 atom stereocenters. The van der Waals surface area contributed by atoms with Crippen molar-refractivity contribution in [3.05, 3.63) is 94.5 Å². The van der Waals surface area contributed by atoms with E-state index in [9.17, 15) is 4.79 Å². The van der Waals surface area contributed by atoms with Gasteiger partial charge in [0.2, 0.25) is 0 Å². The number of ether oxygens (including phenoxy) is 1. The van der Waals surface area contributed by atoms with Gasteiger partial charge in [0.1, 0.15) is 12.4 Å². The van der Waals surface area contributed by atoms with E-state index in [1.807, 2.05) is 79.7 Å². The third-order valence-corrected chi connectivity index (χ3v) is 4.65. The Morgan fingerprint density at radius 1 is 1.03 bits per heavy atom. The molecule has 0 aromatic heterocycles. The van der Waals surface area contributed by atoms with Gasteiger partial charge in [-0.1, -0.05) is 48.0 Å². The van der Waals surface area contributed by atoms with Crippen LogP contribution in [0.5, 0.6) is 5.75 Å². The fourth-order valence-corrected chi connectivity index (χ4v) is 2.76. The van der Waals surface area contributed by atoms with Crippen molar-refractivity contribution in [2.75, 3.05) is 11.9 Å². The number of rotatable bonds is 8. The van der Waals surface area contributed by atoms with Gasteiger partial charge in [0, 0.05) is 10.7 Å². The molecule has 2 N–H and O–H groups in total. The molecule has 0 radical (unpaired) electrons. The first-order valence-corrected chi connectivity index (χ1v) is 9.57. The molecular formula is C23H22ClN3O2. The van der Waals surface area contributed by atoms with E-state index in [4.69, 9.17) is 16.3 Å². The van der Waals surface area contributed by atoms with Gasteiger partial charge in [-0.2, -0.15) is 5.10 Å². The van der Waals surface area contributed by atoms with Gasteiger partial charge in [-0.15, -0.1) is 0 Å². The minimum atomic E-state index is -0.247. The maximum atomic E-state index is 11.9. The summed E-state index contributed by atoms with van der Waals surface area (Å²) in [5.74, 6) is 0.527. The molecule has 3 aromatic rings. The first kappa shape index (κ1) is 20.4. The summed E-state index contributed by atoms with van der Waals surface area (Å²) in [5, 5.41) is 7.69. The highest BCUT2D eigenvalue weighted by atomic mass is 35.5. The highest BCUT2D eigenvalue weighted by Crippen LogP contribution is 2.22. The molecule has 0 aliphatic carbocycles. The summed E-state index contributed by atoms with van der Waals surface area (Å²) in [6.07, 6.45) is 1.59. The standard InChI is InChI=1S/C23H22ClN3O2/c1-17-21(24)8-5-9-22(17)25-15-23(28)27-26-14-18-10-12-20(13-11-18)29-16-19-6-3-2-4-7-19/h2-14,25H,15-16H2,1H3,(H,27,28). The van der Waals surface area contributed by atoms with E-state index in [1.54, 1.807) is 6.21 Å². The van der Waals surface area contributed by atoms with Crippen LogP contribution in [0.4, 0.5) is 5.69 Å². The highest BCUT2D eigenvalue weighted by molar-refractivity contribution is 6.31. The molecule has 29 heavy (non-hydrogen) atoms. The number of carbonyl (C=O) groups excluding carboxylic acids is 1. The second-order valence-electron chi connectivity index (χ2n) is 6.40. The molecule has 0 aliphatic heterocycles. The first-order chi connectivity index (χ1) is 14.1. The average molecular weight is 408 g/mol. The van der Waals surface area contributed by atoms with Crippen molar-refractivity contribution >= 4 is 29.4 Å². The van der Waals surface area contributed by atoms with Crippen LogP contribution in [0, 0.1) is 6.92 Å². The molecule has 0 unspecified atom stereocenters. The monoisotopic (exact) mass is 407 g/mol. The van der Waals surface area contributed by atoms with Crippen LogP contribution in [0.2, 0.25) is 5.02 Å². The van der Waals surface area contributed by atoms with E-state index in [-0.39, 0.29) is 12.5 Å². The fraction of sp³-hybridized carbons (Fsp3) is 0.130. The lowest BCUT2D eigenvalue weighted by molar-refractivity contribution is -0.119. The molecule has 3 rings (SSSR count). The lowest BCUT2D eigenvalue weighted by Crippen LogP contribution is -2.26. The SMILES string of the molecule is Cc1c(Cl)cccc1NCC(=O)NN=Cc1ccc(OCc2ccccc2)cc1. The lowest BCUT2D eigenvalue weighted by atomic mass is 10.2. The van der Waals surface area contributed by atoms with Gasteiger partial charge in [-0.05, 0) is 60.0 Å². The van der Waals surface area contributed by atoms with Crippen LogP contribution in [0.3, 0.4) is 0 Å². The lowest BCUT2D eigenvalue weighted by Gasteiger charge is -2.09. The summed E-state index contributed by atoms with van der Waals surface area (Å²) < 4.78 is 5.75. The Labute approximate surface area is 175 Å². The van der Waals surface area contributed by atoms with Crippen molar-refractivity contribution in [1.82, 2.24) is 5.43 Å². The number of nitrogens with zero attached hydrogens (tertiary/aromatic N) is 1. The van der Waals surface area contributed by atoms with Crippen LogP contribution >= 0.6 is 11.6 Å². The number of nitrogens with one attached hydrogen (secondary N) is 2. The predicted molar refractivity (Wildman–Crippen MR) is 118 cm³/mol. The molecule has 0 bridgehead atoms. The Morgan fingerprint density at radius 2 is 1.79 bits per heavy atom. The Balaban J connectivity index is 1.43. The summed E-state index contributed by atoms with van der Waals surface area (Å²) in [5.41, 5.74) is 6.20.